The summed E-state index contributed by atoms with van der Waals surface area (Å²) in [6, 6.07) is 22.2. The molecule has 0 aliphatic carbocycles. The first-order chi connectivity index (χ1) is 15.2. The summed E-state index contributed by atoms with van der Waals surface area (Å²) in [6.45, 7) is 0.542. The van der Waals surface area contributed by atoms with E-state index in [1.807, 2.05) is 59.7 Å². The van der Waals surface area contributed by atoms with Crippen LogP contribution in [0.5, 0.6) is 23.0 Å². The van der Waals surface area contributed by atoms with Gasteiger partial charge in [-0.2, -0.15) is 0 Å². The monoisotopic (exact) mass is 481 g/mol. The number of aromatic nitrogens is 1. The molecule has 0 aliphatic heterocycles. The Morgan fingerprint density at radius 1 is 0.774 bits per heavy atom. The van der Waals surface area contributed by atoms with Crippen LogP contribution >= 0.6 is 0 Å². The quantitative estimate of drug-likeness (QED) is 0.330. The molecule has 5 nitrogen and oxygen atoms in total. The Hall–Kier alpha value is -3.21. The molecular weight excluding hydrogens is 457 g/mol. The molecule has 0 saturated carbocycles. The van der Waals surface area contributed by atoms with Crippen molar-refractivity contribution in [1.29, 1.82) is 0 Å². The van der Waals surface area contributed by atoms with Crippen molar-refractivity contribution in [2.45, 2.75) is 6.61 Å². The van der Waals surface area contributed by atoms with E-state index >= 15 is 0 Å². The first kappa shape index (κ1) is 21.0. The van der Waals surface area contributed by atoms with Crippen molar-refractivity contribution in [2.75, 3.05) is 21.3 Å². The molecule has 158 valence electrons. The van der Waals surface area contributed by atoms with Crippen molar-refractivity contribution in [3.63, 3.8) is 0 Å². The second-order valence-corrected chi connectivity index (χ2v) is 8.54. The molecular formula is C25H23NO4Se. The van der Waals surface area contributed by atoms with Crippen molar-refractivity contribution < 1.29 is 18.9 Å². The molecule has 0 spiro atoms. The molecule has 0 bridgehead atoms. The van der Waals surface area contributed by atoms with E-state index in [-0.39, 0.29) is 14.5 Å². The summed E-state index contributed by atoms with van der Waals surface area (Å²) in [5.41, 5.74) is 4.17. The van der Waals surface area contributed by atoms with Gasteiger partial charge in [0.1, 0.15) is 0 Å². The topological polar surface area (TPSA) is 49.8 Å². The van der Waals surface area contributed by atoms with Gasteiger partial charge in [-0.1, -0.05) is 0 Å². The standard InChI is InChI=1S/C25H23NO4Se/c1-27-21-13-19(14-22(28-2)24(21)29-3)25-23(26-16-31-25)18-9-11-20(12-10-18)30-15-17-7-5-4-6-8-17/h4-14,16H,15H2,1-3H3. The molecule has 0 radical (unpaired) electrons. The number of ether oxygens (including phenoxy) is 4. The van der Waals surface area contributed by atoms with Gasteiger partial charge in [-0.15, -0.1) is 0 Å². The number of nitrogens with zero attached hydrogens (tertiary/aromatic N) is 1. The van der Waals surface area contributed by atoms with Gasteiger partial charge in [-0.25, -0.2) is 0 Å². The molecule has 31 heavy (non-hydrogen) atoms. The molecule has 4 rings (SSSR count). The second-order valence-electron chi connectivity index (χ2n) is 6.74. The van der Waals surface area contributed by atoms with Crippen molar-refractivity contribution in [3.8, 4) is 44.3 Å². The van der Waals surface area contributed by atoms with Crippen LogP contribution in [0.15, 0.2) is 71.8 Å². The molecule has 4 aromatic rings. The molecule has 1 heterocycles. The van der Waals surface area contributed by atoms with Crippen LogP contribution in [0, 0.1) is 0 Å². The summed E-state index contributed by atoms with van der Waals surface area (Å²) >= 11 is 0.114. The summed E-state index contributed by atoms with van der Waals surface area (Å²) in [5.74, 6) is 2.68. The van der Waals surface area contributed by atoms with Gasteiger partial charge in [0.2, 0.25) is 0 Å². The fourth-order valence-corrected chi connectivity index (χ4v) is 5.00. The first-order valence-corrected chi connectivity index (χ1v) is 11.6. The van der Waals surface area contributed by atoms with Crippen LogP contribution < -0.4 is 18.9 Å². The Labute approximate surface area is 187 Å². The van der Waals surface area contributed by atoms with Gasteiger partial charge in [0.25, 0.3) is 0 Å². The summed E-state index contributed by atoms with van der Waals surface area (Å²) in [6.07, 6.45) is 0. The fourth-order valence-electron chi connectivity index (χ4n) is 3.32. The summed E-state index contributed by atoms with van der Waals surface area (Å²) in [5, 5.41) is 1.99. The molecule has 0 fully saturated rings. The van der Waals surface area contributed by atoms with E-state index in [2.05, 4.69) is 17.1 Å². The first-order valence-electron chi connectivity index (χ1n) is 9.74. The minimum absolute atomic E-state index is 0.114. The normalized spacial score (nSPS) is 10.5. The minimum atomic E-state index is 0.114. The maximum atomic E-state index is 5.91. The van der Waals surface area contributed by atoms with Gasteiger partial charge in [-0.3, -0.25) is 0 Å². The maximum absolute atomic E-state index is 5.91. The Balaban J connectivity index is 1.60. The zero-order valence-electron chi connectivity index (χ0n) is 17.6. The van der Waals surface area contributed by atoms with Crippen LogP contribution in [0.2, 0.25) is 0 Å². The third-order valence-corrected chi connectivity index (χ3v) is 6.71. The van der Waals surface area contributed by atoms with Gasteiger partial charge in [0, 0.05) is 0 Å². The molecule has 6 heteroatoms. The number of methoxy groups -OCH3 is 3. The Kier molecular flexibility index (Phi) is 6.60. The van der Waals surface area contributed by atoms with Gasteiger partial charge in [-0.05, 0) is 0 Å². The van der Waals surface area contributed by atoms with Crippen LogP contribution in [0.1, 0.15) is 5.56 Å². The summed E-state index contributed by atoms with van der Waals surface area (Å²) in [4.78, 5) is 4.67. The Morgan fingerprint density at radius 3 is 2.06 bits per heavy atom. The number of rotatable bonds is 8. The predicted octanol–water partition coefficient (Wildman–Crippen LogP) is 5.08. The fraction of sp³-hybridized carbons (Fsp3) is 0.160. The van der Waals surface area contributed by atoms with Gasteiger partial charge in [0.15, 0.2) is 0 Å². The van der Waals surface area contributed by atoms with Crippen LogP contribution in [-0.2, 0) is 6.61 Å². The van der Waals surface area contributed by atoms with Gasteiger partial charge < -0.3 is 0 Å². The second kappa shape index (κ2) is 9.73. The van der Waals surface area contributed by atoms with Crippen molar-refractivity contribution in [3.05, 3.63) is 77.4 Å². The molecule has 3 aromatic carbocycles. The zero-order chi connectivity index (χ0) is 21.6. The Morgan fingerprint density at radius 2 is 1.45 bits per heavy atom. The number of hydrogen-bond donors (Lipinski definition) is 0. The van der Waals surface area contributed by atoms with Gasteiger partial charge >= 0.3 is 188 Å². The predicted molar refractivity (Wildman–Crippen MR) is 122 cm³/mol. The average molecular weight is 480 g/mol. The van der Waals surface area contributed by atoms with Crippen LogP contribution in [0.3, 0.4) is 0 Å². The molecule has 0 aliphatic rings. The van der Waals surface area contributed by atoms with E-state index in [1.54, 1.807) is 21.3 Å². The van der Waals surface area contributed by atoms with Crippen molar-refractivity contribution in [2.24, 2.45) is 0 Å². The average Bonchev–Trinajstić information content (AvgIpc) is 3.32. The van der Waals surface area contributed by atoms with Crippen LogP contribution in [0.25, 0.3) is 21.3 Å². The number of hydrogen-bond acceptors (Lipinski definition) is 5. The third-order valence-electron chi connectivity index (χ3n) is 4.87. The van der Waals surface area contributed by atoms with Crippen LogP contribution in [-0.4, -0.2) is 40.8 Å². The molecule has 0 amide bonds. The van der Waals surface area contributed by atoms with Gasteiger partial charge in [0.05, 0.1) is 0 Å². The van der Waals surface area contributed by atoms with E-state index in [0.29, 0.717) is 23.9 Å². The summed E-state index contributed by atoms with van der Waals surface area (Å²) < 4.78 is 23.6. The third kappa shape index (κ3) is 4.61. The molecule has 0 N–H and O–H groups in total. The van der Waals surface area contributed by atoms with E-state index in [4.69, 9.17) is 18.9 Å². The SMILES string of the molecule is COc1cc(-c2[se]cnc2-c2ccc(OCc3ccccc3)cc2)cc(OC)c1OC. The molecule has 0 saturated heterocycles. The molecule has 0 unspecified atom stereocenters. The van der Waals surface area contributed by atoms with Crippen molar-refractivity contribution >= 4 is 14.5 Å². The zero-order valence-corrected chi connectivity index (χ0v) is 19.3. The number of benzene rings is 3. The van der Waals surface area contributed by atoms with E-state index in [1.165, 1.54) is 4.44 Å². The Bertz CT molecular complexity index is 1110. The molecule has 1 aromatic heterocycles. The van der Waals surface area contributed by atoms with E-state index < -0.39 is 0 Å². The summed E-state index contributed by atoms with van der Waals surface area (Å²) in [7, 11) is 4.86. The molecule has 0 atom stereocenters. The van der Waals surface area contributed by atoms with E-state index in [9.17, 15) is 0 Å². The van der Waals surface area contributed by atoms with E-state index in [0.717, 1.165) is 28.1 Å². The van der Waals surface area contributed by atoms with Crippen molar-refractivity contribution in [1.82, 2.24) is 4.98 Å². The van der Waals surface area contributed by atoms with Crippen LogP contribution in [0.4, 0.5) is 0 Å².